The highest BCUT2D eigenvalue weighted by Crippen LogP contribution is 2.44. The van der Waals surface area contributed by atoms with E-state index in [1.165, 1.54) is 68.8 Å². The molecule has 5 aromatic rings. The Bertz CT molecular complexity index is 3210. The number of aliphatic hydroxyl groups excluding tert-OH is 7. The number of phenols is 5. The molecule has 3 saturated heterocycles. The van der Waals surface area contributed by atoms with Gasteiger partial charge in [-0.15, -0.1) is 0 Å². The maximum absolute atomic E-state index is 13.5. The van der Waals surface area contributed by atoms with Crippen LogP contribution in [0.25, 0.3) is 34.4 Å². The lowest BCUT2D eigenvalue weighted by atomic mass is 9.98. The number of hydrogen-bond donors (Lipinski definition) is 13. The van der Waals surface area contributed by atoms with Crippen LogP contribution >= 0.6 is 0 Å². The molecule has 3 fully saturated rings. The number of phenolic OH excluding ortho intramolecular Hbond substituents is 5. The molecule has 14 atom stereocenters. The zero-order valence-electron chi connectivity index (χ0n) is 44.0. The van der Waals surface area contributed by atoms with Crippen LogP contribution < -0.4 is 18.9 Å². The average molecular weight is 1180 g/mol. The Morgan fingerprint density at radius 3 is 1.89 bits per heavy atom. The number of aromatic hydroxyl groups is 5. The lowest BCUT2D eigenvalue weighted by molar-refractivity contribution is -0.345. The largest absolute Gasteiger partial charge is 0.508 e. The van der Waals surface area contributed by atoms with E-state index in [1.54, 1.807) is 0 Å². The third-order valence-electron chi connectivity index (χ3n) is 13.1. The Balaban J connectivity index is 1.16. The second-order valence-electron chi connectivity index (χ2n) is 19.0. The highest BCUT2D eigenvalue weighted by atomic mass is 16.8. The summed E-state index contributed by atoms with van der Waals surface area (Å²) >= 11 is 0. The highest BCUT2D eigenvalue weighted by molar-refractivity contribution is 5.91. The molecule has 0 bridgehead atoms. The smallest absolute Gasteiger partial charge is 0.402 e. The predicted octanol–water partition coefficient (Wildman–Crippen LogP) is 0.301. The first-order valence-electron chi connectivity index (χ1n) is 25.2. The van der Waals surface area contributed by atoms with E-state index in [9.17, 15) is 80.5 Å². The fourth-order valence-corrected chi connectivity index (χ4v) is 8.73. The number of benzene rings is 4. The van der Waals surface area contributed by atoms with Crippen LogP contribution in [0.2, 0.25) is 0 Å². The summed E-state index contributed by atoms with van der Waals surface area (Å²) in [7, 11) is 2.55. The van der Waals surface area contributed by atoms with Crippen molar-refractivity contribution in [2.24, 2.45) is 0 Å². The van der Waals surface area contributed by atoms with Gasteiger partial charge in [-0.25, -0.2) is 14.0 Å². The van der Waals surface area contributed by atoms with Gasteiger partial charge in [-0.3, -0.25) is 9.59 Å². The number of aliphatic carboxylic acids is 1. The number of rotatable bonds is 20. The van der Waals surface area contributed by atoms with Crippen LogP contribution in [0.5, 0.6) is 51.7 Å². The molecule has 8 rings (SSSR count). The average Bonchev–Trinajstić information content (AvgIpc) is 3.53. The number of carboxylic acids is 1. The summed E-state index contributed by atoms with van der Waals surface area (Å²) in [5, 5.41) is 139. The van der Waals surface area contributed by atoms with Gasteiger partial charge in [-0.1, -0.05) is 12.1 Å². The molecule has 0 aliphatic carbocycles. The fourth-order valence-electron chi connectivity index (χ4n) is 8.73. The van der Waals surface area contributed by atoms with Crippen molar-refractivity contribution >= 4 is 47.0 Å². The van der Waals surface area contributed by atoms with E-state index < -0.39 is 165 Å². The monoisotopic (exact) mass is 1180 g/mol. The lowest BCUT2D eigenvalue weighted by Gasteiger charge is -2.45. The molecule has 1 aromatic heterocycles. The van der Waals surface area contributed by atoms with Crippen LogP contribution in [0.4, 0.5) is 0 Å². The van der Waals surface area contributed by atoms with Gasteiger partial charge in [0.1, 0.15) is 97.2 Å². The van der Waals surface area contributed by atoms with Crippen molar-refractivity contribution in [1.29, 1.82) is 0 Å². The van der Waals surface area contributed by atoms with Crippen molar-refractivity contribution in [1.82, 2.24) is 0 Å². The van der Waals surface area contributed by atoms with Gasteiger partial charge in [-0.2, -0.15) is 0 Å². The summed E-state index contributed by atoms with van der Waals surface area (Å²) in [5.74, 6) is -8.46. The molecule has 0 spiro atoms. The third-order valence-corrected chi connectivity index (χ3v) is 13.1. The molecule has 0 unspecified atom stereocenters. The van der Waals surface area contributed by atoms with Crippen molar-refractivity contribution in [3.8, 4) is 63.1 Å². The Morgan fingerprint density at radius 1 is 0.595 bits per heavy atom. The van der Waals surface area contributed by atoms with E-state index in [0.717, 1.165) is 42.5 Å². The van der Waals surface area contributed by atoms with Gasteiger partial charge in [-0.05, 0) is 59.7 Å². The van der Waals surface area contributed by atoms with Gasteiger partial charge in [0.25, 0.3) is 0 Å². The van der Waals surface area contributed by atoms with Crippen molar-refractivity contribution in [2.45, 2.75) is 92.4 Å². The summed E-state index contributed by atoms with van der Waals surface area (Å²) in [6, 6.07) is 14.9. The number of aliphatic hydroxyl groups is 7. The first-order chi connectivity index (χ1) is 40.0. The summed E-state index contributed by atoms with van der Waals surface area (Å²) in [6.45, 7) is -2.31. The highest BCUT2D eigenvalue weighted by Gasteiger charge is 2.52. The van der Waals surface area contributed by atoms with E-state index in [0.29, 0.717) is 5.56 Å². The maximum atomic E-state index is 13.5. The number of carbonyl (C=O) groups is 4. The first kappa shape index (κ1) is 61.5. The minimum atomic E-state index is -2.17. The summed E-state index contributed by atoms with van der Waals surface area (Å²) in [5.41, 5.74) is 0.394. The number of esters is 3. The van der Waals surface area contributed by atoms with Gasteiger partial charge in [0, 0.05) is 30.4 Å². The molecule has 84 heavy (non-hydrogen) atoms. The number of ether oxygens (including phenoxy) is 11. The normalized spacial score (nSPS) is 27.0. The molecular formula is C55H57O29+. The van der Waals surface area contributed by atoms with Crippen molar-refractivity contribution < 1.29 is 142 Å². The predicted molar refractivity (Wildman–Crippen MR) is 278 cm³/mol. The van der Waals surface area contributed by atoms with E-state index in [1.807, 2.05) is 0 Å². The summed E-state index contributed by atoms with van der Waals surface area (Å²) < 4.78 is 68.6. The molecule has 3 aliphatic rings. The second kappa shape index (κ2) is 26.8. The van der Waals surface area contributed by atoms with Crippen LogP contribution in [0, 0.1) is 0 Å². The Kier molecular flexibility index (Phi) is 19.6. The Hall–Kier alpha value is -8.59. The third kappa shape index (κ3) is 14.4. The minimum Gasteiger partial charge on any atom is -0.508 e. The second-order valence-corrected chi connectivity index (χ2v) is 19.0. The molecule has 0 saturated carbocycles. The molecule has 4 heterocycles. The topological polar surface area (TPSA) is 444 Å². The number of fused-ring (bicyclic) bond motifs is 1. The lowest BCUT2D eigenvalue weighted by Crippen LogP contribution is -2.64. The molecule has 29 nitrogen and oxygen atoms in total. The van der Waals surface area contributed by atoms with Gasteiger partial charge < -0.3 is 118 Å². The summed E-state index contributed by atoms with van der Waals surface area (Å²) in [4.78, 5) is 49.6. The maximum Gasteiger partial charge on any atom is 0.402 e. The number of methoxy groups -OCH3 is 2. The van der Waals surface area contributed by atoms with Gasteiger partial charge in [0.15, 0.2) is 41.5 Å². The van der Waals surface area contributed by atoms with E-state index >= 15 is 0 Å². The Morgan fingerprint density at radius 2 is 1.23 bits per heavy atom. The van der Waals surface area contributed by atoms with Crippen LogP contribution in [0.3, 0.4) is 0 Å². The molecule has 450 valence electrons. The number of carbonyl (C=O) groups excluding carboxylic acids is 3. The van der Waals surface area contributed by atoms with Crippen LogP contribution in [-0.4, -0.2) is 210 Å². The molecular weight excluding hydrogens is 1120 g/mol. The fraction of sp³-hybridized carbons (Fsp3) is 0.364. The minimum absolute atomic E-state index is 0.0196. The molecule has 13 N–H and O–H groups in total. The molecule has 29 heteroatoms. The van der Waals surface area contributed by atoms with Crippen molar-refractivity contribution in [3.63, 3.8) is 0 Å². The van der Waals surface area contributed by atoms with E-state index in [2.05, 4.69) is 0 Å². The molecule has 0 amide bonds. The van der Waals surface area contributed by atoms with Gasteiger partial charge in [0.05, 0.1) is 32.5 Å². The van der Waals surface area contributed by atoms with Crippen LogP contribution in [0.15, 0.2) is 89.4 Å². The zero-order chi connectivity index (χ0) is 60.7. The molecule has 0 radical (unpaired) electrons. The van der Waals surface area contributed by atoms with Crippen LogP contribution in [0.1, 0.15) is 17.5 Å². The quantitative estimate of drug-likeness (QED) is 0.0124. The Labute approximate surface area is 473 Å². The molecule has 4 aromatic carbocycles. The molecule has 3 aliphatic heterocycles. The van der Waals surface area contributed by atoms with E-state index in [4.69, 9.17) is 61.6 Å². The first-order valence-corrected chi connectivity index (χ1v) is 25.2. The van der Waals surface area contributed by atoms with E-state index in [-0.39, 0.29) is 50.9 Å². The summed E-state index contributed by atoms with van der Waals surface area (Å²) in [6.07, 6.45) is -23.8. The van der Waals surface area contributed by atoms with Crippen molar-refractivity contribution in [3.05, 3.63) is 96.1 Å². The number of hydrogen-bond acceptors (Lipinski definition) is 27. The van der Waals surface area contributed by atoms with Crippen LogP contribution in [-0.2, 0) is 52.3 Å². The SMILES string of the molecule is COc1cc(C=CC(=O)O[C@H]2[C@H](O[C@H]3[C@H](Oc4cc5c(O[C@@H]6O[C@H](COC(=O)CC(=O)O)[C@@H](O)[C@H](O)[C@H]6O)cc(O)cc5[o+]c4-c4ccc(O)c(O)c4)O[C@H](COC(=O)C=Cc4ccc(O)cc4)[C@@H](O)[C@@H]3O)OC[C@@H](O)[C@@H]2O)cc(OC)c1O. The van der Waals surface area contributed by atoms with Gasteiger partial charge >= 0.3 is 35.2 Å². The zero-order valence-corrected chi connectivity index (χ0v) is 44.0. The standard InChI is InChI=1S/C55H56O29/c1-73-34-13-24(14-35(74-2)44(34)67)6-12-41(64)83-51-43(66)31(60)20-77-54(51)84-52-48(71)46(69)38(21-75-40(63)11-5-23-3-8-26(56)9-4-23)82-55(52)80-36-18-28-32(78-50(36)25-7-10-29(58)30(59)15-25)16-27(57)17-33(28)79-53-49(72)47(70)45(68)37(81-53)22-76-42(65)19-39(61)62/h3-18,31,37-38,43,45-49,51-55,60,66,68-72H,19-22H2,1-2H3,(H5-,56,57,58,59,61,62,63,64,67)/p+1/t31-,37-,38-,43+,45-,46-,47+,48+,49-,51-,52-,53-,54+,55-/m1/s1. The number of carboxylic acid groups (broad SMARTS) is 1. The van der Waals surface area contributed by atoms with Gasteiger partial charge in [0.2, 0.25) is 24.1 Å². The van der Waals surface area contributed by atoms with Crippen molar-refractivity contribution in [2.75, 3.05) is 34.0 Å².